The minimum absolute atomic E-state index is 0.0134. The second-order valence-corrected chi connectivity index (χ2v) is 7.25. The van der Waals surface area contributed by atoms with Crippen molar-refractivity contribution in [1.82, 2.24) is 9.80 Å². The quantitative estimate of drug-likeness (QED) is 0.936. The van der Waals surface area contributed by atoms with Crippen molar-refractivity contribution in [3.05, 3.63) is 58.3 Å². The Balaban J connectivity index is 1.59. The van der Waals surface area contributed by atoms with Crippen LogP contribution in [0.25, 0.3) is 0 Å². The number of amides is 1. The summed E-state index contributed by atoms with van der Waals surface area (Å²) in [5.74, 6) is 0.0134. The molecule has 0 aliphatic carbocycles. The molecule has 0 spiro atoms. The highest BCUT2D eigenvalue weighted by Crippen LogP contribution is 2.22. The number of carbonyl (C=O) groups is 1. The van der Waals surface area contributed by atoms with Gasteiger partial charge in [0.2, 0.25) is 5.91 Å². The molecular weight excluding hydrogens is 306 g/mol. The van der Waals surface area contributed by atoms with Gasteiger partial charge in [-0.05, 0) is 23.9 Å². The number of piperazine rings is 1. The fourth-order valence-electron chi connectivity index (χ4n) is 2.97. The van der Waals surface area contributed by atoms with Crippen molar-refractivity contribution in [3.63, 3.8) is 0 Å². The maximum atomic E-state index is 12.8. The zero-order valence-electron chi connectivity index (χ0n) is 13.4. The van der Waals surface area contributed by atoms with Gasteiger partial charge in [0.1, 0.15) is 5.54 Å². The number of benzene rings is 1. The number of thiophene rings is 1. The van der Waals surface area contributed by atoms with Crippen molar-refractivity contribution in [1.29, 1.82) is 0 Å². The van der Waals surface area contributed by atoms with Crippen LogP contribution in [0.15, 0.2) is 47.8 Å². The van der Waals surface area contributed by atoms with Crippen molar-refractivity contribution in [2.45, 2.75) is 19.0 Å². The molecule has 1 atom stereocenters. The van der Waals surface area contributed by atoms with E-state index >= 15 is 0 Å². The molecule has 1 aromatic carbocycles. The van der Waals surface area contributed by atoms with Crippen LogP contribution < -0.4 is 5.73 Å². The molecule has 2 aromatic rings. The van der Waals surface area contributed by atoms with E-state index in [-0.39, 0.29) is 5.91 Å². The summed E-state index contributed by atoms with van der Waals surface area (Å²) in [4.78, 5) is 18.5. The highest BCUT2D eigenvalue weighted by atomic mass is 32.1. The predicted octanol–water partition coefficient (Wildman–Crippen LogP) is 2.27. The van der Waals surface area contributed by atoms with E-state index in [0.29, 0.717) is 0 Å². The van der Waals surface area contributed by atoms with Crippen LogP contribution in [0, 0.1) is 0 Å². The lowest BCUT2D eigenvalue weighted by atomic mass is 9.91. The largest absolute Gasteiger partial charge is 0.338 e. The van der Waals surface area contributed by atoms with Crippen molar-refractivity contribution < 1.29 is 4.79 Å². The van der Waals surface area contributed by atoms with Crippen molar-refractivity contribution in [2.24, 2.45) is 5.73 Å². The van der Waals surface area contributed by atoms with Gasteiger partial charge < -0.3 is 10.6 Å². The van der Waals surface area contributed by atoms with E-state index in [1.807, 2.05) is 42.2 Å². The van der Waals surface area contributed by atoms with Crippen molar-refractivity contribution in [3.8, 4) is 0 Å². The first-order valence-electron chi connectivity index (χ1n) is 7.96. The highest BCUT2D eigenvalue weighted by molar-refractivity contribution is 7.09. The number of rotatable bonds is 4. The highest BCUT2D eigenvalue weighted by Gasteiger charge is 2.35. The summed E-state index contributed by atoms with van der Waals surface area (Å²) in [5.41, 5.74) is 6.26. The predicted molar refractivity (Wildman–Crippen MR) is 94.2 cm³/mol. The van der Waals surface area contributed by atoms with E-state index in [1.54, 1.807) is 11.3 Å². The van der Waals surface area contributed by atoms with Crippen LogP contribution >= 0.6 is 11.3 Å². The zero-order valence-corrected chi connectivity index (χ0v) is 14.3. The van der Waals surface area contributed by atoms with Crippen molar-refractivity contribution >= 4 is 17.2 Å². The van der Waals surface area contributed by atoms with Gasteiger partial charge in [-0.25, -0.2) is 0 Å². The third-order valence-corrected chi connectivity index (χ3v) is 5.30. The van der Waals surface area contributed by atoms with Gasteiger partial charge in [0.15, 0.2) is 0 Å². The lowest BCUT2D eigenvalue weighted by Gasteiger charge is -2.38. The van der Waals surface area contributed by atoms with E-state index in [9.17, 15) is 4.79 Å². The molecule has 5 heteroatoms. The molecule has 2 N–H and O–H groups in total. The van der Waals surface area contributed by atoms with E-state index in [0.717, 1.165) is 38.3 Å². The molecule has 122 valence electrons. The van der Waals surface area contributed by atoms with Crippen LogP contribution in [0.4, 0.5) is 0 Å². The molecule has 1 aliphatic rings. The summed E-state index contributed by atoms with van der Waals surface area (Å²) < 4.78 is 0. The average molecular weight is 329 g/mol. The van der Waals surface area contributed by atoms with E-state index < -0.39 is 5.54 Å². The van der Waals surface area contributed by atoms with Gasteiger partial charge in [0.05, 0.1) is 0 Å². The first-order chi connectivity index (χ1) is 11.1. The summed E-state index contributed by atoms with van der Waals surface area (Å²) in [7, 11) is 0. The Morgan fingerprint density at radius 2 is 1.83 bits per heavy atom. The van der Waals surface area contributed by atoms with Gasteiger partial charge in [-0.2, -0.15) is 0 Å². The molecule has 23 heavy (non-hydrogen) atoms. The van der Waals surface area contributed by atoms with E-state index in [2.05, 4.69) is 22.4 Å². The molecule has 1 aromatic heterocycles. The first kappa shape index (κ1) is 16.2. The Kier molecular flexibility index (Phi) is 4.80. The maximum absolute atomic E-state index is 12.8. The fraction of sp³-hybridized carbons (Fsp3) is 0.389. The fourth-order valence-corrected chi connectivity index (χ4v) is 3.71. The molecule has 1 fully saturated rings. The third-order valence-electron chi connectivity index (χ3n) is 4.44. The Labute approximate surface area is 141 Å². The normalized spacial score (nSPS) is 18.6. The molecule has 0 saturated carbocycles. The Bertz CT molecular complexity index is 632. The molecule has 1 unspecified atom stereocenters. The molecule has 0 radical (unpaired) electrons. The van der Waals surface area contributed by atoms with Gasteiger partial charge in [-0.3, -0.25) is 9.69 Å². The zero-order chi connectivity index (χ0) is 16.3. The lowest BCUT2D eigenvalue weighted by molar-refractivity contribution is -0.138. The molecule has 4 nitrogen and oxygen atoms in total. The Morgan fingerprint density at radius 3 is 2.43 bits per heavy atom. The maximum Gasteiger partial charge on any atom is 0.247 e. The van der Waals surface area contributed by atoms with Crippen LogP contribution in [-0.2, 0) is 16.9 Å². The second kappa shape index (κ2) is 6.83. The molecular formula is C18H23N3OS. The van der Waals surface area contributed by atoms with Crippen LogP contribution in [0.5, 0.6) is 0 Å². The number of hydrogen-bond acceptors (Lipinski definition) is 4. The second-order valence-electron chi connectivity index (χ2n) is 6.22. The smallest absolute Gasteiger partial charge is 0.247 e. The summed E-state index contributed by atoms with van der Waals surface area (Å²) in [6.45, 7) is 6.05. The number of carbonyl (C=O) groups excluding carboxylic acids is 1. The minimum Gasteiger partial charge on any atom is -0.338 e. The molecule has 1 amide bonds. The summed E-state index contributed by atoms with van der Waals surface area (Å²) >= 11 is 1.78. The van der Waals surface area contributed by atoms with Gasteiger partial charge >= 0.3 is 0 Å². The van der Waals surface area contributed by atoms with E-state index in [4.69, 9.17) is 5.73 Å². The van der Waals surface area contributed by atoms with Crippen LogP contribution in [0.3, 0.4) is 0 Å². The topological polar surface area (TPSA) is 49.6 Å². The number of hydrogen-bond donors (Lipinski definition) is 1. The van der Waals surface area contributed by atoms with Crippen LogP contribution in [-0.4, -0.2) is 41.9 Å². The van der Waals surface area contributed by atoms with Crippen molar-refractivity contribution in [2.75, 3.05) is 26.2 Å². The standard InChI is InChI=1S/C18H23N3OS/c1-18(19,15-6-3-2-4-7-15)17(22)21-11-9-20(10-12-21)14-16-8-5-13-23-16/h2-8,13H,9-12,14,19H2,1H3. The summed E-state index contributed by atoms with van der Waals surface area (Å²) in [5, 5.41) is 2.11. The van der Waals surface area contributed by atoms with Crippen LogP contribution in [0.1, 0.15) is 17.4 Å². The van der Waals surface area contributed by atoms with Gasteiger partial charge in [-0.15, -0.1) is 11.3 Å². The number of nitrogens with zero attached hydrogens (tertiary/aromatic N) is 2. The van der Waals surface area contributed by atoms with Crippen LogP contribution in [0.2, 0.25) is 0 Å². The van der Waals surface area contributed by atoms with E-state index in [1.165, 1.54) is 4.88 Å². The average Bonchev–Trinajstić information content (AvgIpc) is 3.09. The first-order valence-corrected chi connectivity index (χ1v) is 8.84. The molecule has 0 bridgehead atoms. The molecule has 1 aliphatic heterocycles. The Hall–Kier alpha value is -1.69. The lowest BCUT2D eigenvalue weighted by Crippen LogP contribution is -2.56. The Morgan fingerprint density at radius 1 is 1.13 bits per heavy atom. The molecule has 1 saturated heterocycles. The molecule has 3 rings (SSSR count). The van der Waals surface area contributed by atoms with Gasteiger partial charge in [-0.1, -0.05) is 36.4 Å². The van der Waals surface area contributed by atoms with Gasteiger partial charge in [0, 0.05) is 37.6 Å². The number of nitrogens with two attached hydrogens (primary N) is 1. The third kappa shape index (κ3) is 3.63. The minimum atomic E-state index is -0.961. The van der Waals surface area contributed by atoms with Gasteiger partial charge in [0.25, 0.3) is 0 Å². The monoisotopic (exact) mass is 329 g/mol. The summed E-state index contributed by atoms with van der Waals surface area (Å²) in [6, 6.07) is 13.9. The molecule has 2 heterocycles. The SMILES string of the molecule is CC(N)(C(=O)N1CCN(Cc2cccs2)CC1)c1ccccc1. The summed E-state index contributed by atoms with van der Waals surface area (Å²) in [6.07, 6.45) is 0.